The lowest BCUT2D eigenvalue weighted by atomic mass is 9.93. The van der Waals surface area contributed by atoms with Crippen LogP contribution in [0.3, 0.4) is 0 Å². The molecule has 2 aliphatic rings. The quantitative estimate of drug-likeness (QED) is 0.619. The van der Waals surface area contributed by atoms with Gasteiger partial charge in [0.1, 0.15) is 0 Å². The van der Waals surface area contributed by atoms with Gasteiger partial charge in [0, 0.05) is 50.4 Å². The van der Waals surface area contributed by atoms with Crippen LogP contribution in [0.4, 0.5) is 0 Å². The van der Waals surface area contributed by atoms with Gasteiger partial charge in [-0.3, -0.25) is 14.6 Å². The number of ketones is 1. The standard InChI is InChI=1S/C26H35N3O3/c1-26(2,10-9-19-7-8-23(30)25(15-19)32-3)29-16-20-5-4-6-21(22(20)17-29)24(31)18-28-13-11-27-12-14-28/h4-8,15,27,30H,9-14,16-18H2,1-3H3. The first-order chi connectivity index (χ1) is 15.4. The third kappa shape index (κ3) is 4.98. The number of aryl methyl sites for hydroxylation is 1. The van der Waals surface area contributed by atoms with Gasteiger partial charge in [0.15, 0.2) is 17.3 Å². The number of benzene rings is 2. The predicted octanol–water partition coefficient (Wildman–Crippen LogP) is 3.22. The van der Waals surface area contributed by atoms with Gasteiger partial charge < -0.3 is 15.2 Å². The van der Waals surface area contributed by atoms with Gasteiger partial charge in [-0.2, -0.15) is 0 Å². The second-order valence-corrected chi connectivity index (χ2v) is 9.57. The van der Waals surface area contributed by atoms with E-state index in [0.717, 1.165) is 63.2 Å². The second-order valence-electron chi connectivity index (χ2n) is 9.57. The van der Waals surface area contributed by atoms with E-state index in [4.69, 9.17) is 4.74 Å². The Labute approximate surface area is 191 Å². The first-order valence-electron chi connectivity index (χ1n) is 11.6. The highest BCUT2D eigenvalue weighted by atomic mass is 16.5. The van der Waals surface area contributed by atoms with E-state index in [1.807, 2.05) is 24.3 Å². The van der Waals surface area contributed by atoms with E-state index in [2.05, 4.69) is 35.0 Å². The molecule has 2 aliphatic heterocycles. The van der Waals surface area contributed by atoms with Gasteiger partial charge >= 0.3 is 0 Å². The summed E-state index contributed by atoms with van der Waals surface area (Å²) in [5.74, 6) is 0.921. The number of nitrogens with zero attached hydrogens (tertiary/aromatic N) is 2. The lowest BCUT2D eigenvalue weighted by Crippen LogP contribution is -2.45. The number of piperazine rings is 1. The lowest BCUT2D eigenvalue weighted by molar-refractivity contribution is 0.0914. The van der Waals surface area contributed by atoms with Crippen molar-refractivity contribution in [3.63, 3.8) is 0 Å². The molecular weight excluding hydrogens is 402 g/mol. The van der Waals surface area contributed by atoms with E-state index in [1.54, 1.807) is 13.2 Å². The van der Waals surface area contributed by atoms with E-state index in [9.17, 15) is 9.90 Å². The number of carbonyl (C=O) groups is 1. The highest BCUT2D eigenvalue weighted by molar-refractivity contribution is 5.99. The van der Waals surface area contributed by atoms with Gasteiger partial charge in [-0.1, -0.05) is 24.3 Å². The summed E-state index contributed by atoms with van der Waals surface area (Å²) in [5, 5.41) is 13.2. The Balaban J connectivity index is 1.42. The molecule has 0 saturated carbocycles. The number of nitrogens with one attached hydrogen (secondary N) is 1. The number of rotatable bonds is 8. The van der Waals surface area contributed by atoms with Crippen molar-refractivity contribution in [3.05, 3.63) is 58.7 Å². The number of ether oxygens (including phenoxy) is 1. The molecule has 4 rings (SSSR count). The largest absolute Gasteiger partial charge is 0.504 e. The van der Waals surface area contributed by atoms with Crippen LogP contribution in [0.5, 0.6) is 11.5 Å². The van der Waals surface area contributed by atoms with Crippen molar-refractivity contribution < 1.29 is 14.6 Å². The zero-order chi connectivity index (χ0) is 22.7. The van der Waals surface area contributed by atoms with E-state index in [1.165, 1.54) is 11.1 Å². The number of fused-ring (bicyclic) bond motifs is 1. The zero-order valence-electron chi connectivity index (χ0n) is 19.5. The minimum Gasteiger partial charge on any atom is -0.504 e. The highest BCUT2D eigenvalue weighted by Gasteiger charge is 2.33. The normalized spacial score (nSPS) is 17.3. The third-order valence-corrected chi connectivity index (χ3v) is 6.99. The molecule has 1 saturated heterocycles. The Bertz CT molecular complexity index is 967. The summed E-state index contributed by atoms with van der Waals surface area (Å²) < 4.78 is 5.25. The molecule has 1 fully saturated rings. The average molecular weight is 438 g/mol. The molecule has 0 unspecified atom stereocenters. The molecule has 6 heteroatoms. The molecule has 0 aliphatic carbocycles. The Kier molecular flexibility index (Phi) is 6.84. The lowest BCUT2D eigenvalue weighted by Gasteiger charge is -2.35. The molecule has 172 valence electrons. The van der Waals surface area contributed by atoms with Gasteiger partial charge in [0.25, 0.3) is 0 Å². The Hall–Kier alpha value is -2.41. The maximum atomic E-state index is 13.1. The highest BCUT2D eigenvalue weighted by Crippen LogP contribution is 2.35. The first-order valence-corrected chi connectivity index (χ1v) is 11.6. The molecule has 0 atom stereocenters. The summed E-state index contributed by atoms with van der Waals surface area (Å²) in [6.07, 6.45) is 1.87. The van der Waals surface area contributed by atoms with Gasteiger partial charge in [0.05, 0.1) is 13.7 Å². The van der Waals surface area contributed by atoms with E-state index < -0.39 is 0 Å². The summed E-state index contributed by atoms with van der Waals surface area (Å²) in [7, 11) is 1.57. The number of methoxy groups -OCH3 is 1. The molecule has 2 N–H and O–H groups in total. The fraction of sp³-hybridized carbons (Fsp3) is 0.500. The third-order valence-electron chi connectivity index (χ3n) is 6.99. The van der Waals surface area contributed by atoms with Crippen LogP contribution in [-0.2, 0) is 19.5 Å². The minimum atomic E-state index is -0.0248. The number of Topliss-reactive ketones (excluding diaryl/α,β-unsaturated/α-hetero) is 1. The number of hydrogen-bond donors (Lipinski definition) is 2. The van der Waals surface area contributed by atoms with Crippen molar-refractivity contribution in [1.29, 1.82) is 0 Å². The van der Waals surface area contributed by atoms with Gasteiger partial charge in [-0.25, -0.2) is 0 Å². The molecule has 2 aromatic carbocycles. The summed E-state index contributed by atoms with van der Waals surface area (Å²) in [4.78, 5) is 17.8. The SMILES string of the molecule is COc1cc(CCC(C)(C)N2Cc3cccc(C(=O)CN4CCNCC4)c3C2)ccc1O. The summed E-state index contributed by atoms with van der Waals surface area (Å²) >= 11 is 0. The number of aromatic hydroxyl groups is 1. The van der Waals surface area contributed by atoms with Crippen LogP contribution in [0.2, 0.25) is 0 Å². The molecule has 32 heavy (non-hydrogen) atoms. The molecule has 0 bridgehead atoms. The number of hydrogen-bond acceptors (Lipinski definition) is 6. The summed E-state index contributed by atoms with van der Waals surface area (Å²) in [6.45, 7) is 10.5. The Morgan fingerprint density at radius 1 is 1.16 bits per heavy atom. The smallest absolute Gasteiger partial charge is 0.177 e. The topological polar surface area (TPSA) is 65.0 Å². The Morgan fingerprint density at radius 2 is 1.94 bits per heavy atom. The molecule has 2 heterocycles. The van der Waals surface area contributed by atoms with Crippen LogP contribution >= 0.6 is 0 Å². The van der Waals surface area contributed by atoms with Crippen molar-refractivity contribution in [2.75, 3.05) is 39.8 Å². The maximum Gasteiger partial charge on any atom is 0.177 e. The molecule has 6 nitrogen and oxygen atoms in total. The van der Waals surface area contributed by atoms with E-state index in [0.29, 0.717) is 12.3 Å². The number of phenols is 1. The van der Waals surface area contributed by atoms with Crippen LogP contribution in [0.25, 0.3) is 0 Å². The monoisotopic (exact) mass is 437 g/mol. The zero-order valence-corrected chi connectivity index (χ0v) is 19.5. The van der Waals surface area contributed by atoms with Crippen molar-refractivity contribution in [3.8, 4) is 11.5 Å². The first kappa shape index (κ1) is 22.8. The Morgan fingerprint density at radius 3 is 2.69 bits per heavy atom. The average Bonchev–Trinajstić information content (AvgIpc) is 3.25. The fourth-order valence-corrected chi connectivity index (χ4v) is 4.75. The number of carbonyl (C=O) groups excluding carboxylic acids is 1. The molecular formula is C26H35N3O3. The fourth-order valence-electron chi connectivity index (χ4n) is 4.75. The predicted molar refractivity (Wildman–Crippen MR) is 126 cm³/mol. The summed E-state index contributed by atoms with van der Waals surface area (Å²) in [5.41, 5.74) is 4.49. The maximum absolute atomic E-state index is 13.1. The van der Waals surface area contributed by atoms with Crippen molar-refractivity contribution >= 4 is 5.78 Å². The molecule has 0 amide bonds. The second kappa shape index (κ2) is 9.61. The van der Waals surface area contributed by atoms with Gasteiger partial charge in [-0.15, -0.1) is 0 Å². The van der Waals surface area contributed by atoms with E-state index in [-0.39, 0.29) is 17.1 Å². The van der Waals surface area contributed by atoms with Gasteiger partial charge in [-0.05, 0) is 55.5 Å². The molecule has 0 aromatic heterocycles. The number of phenolic OH excluding ortho intramolecular Hbond substituents is 1. The van der Waals surface area contributed by atoms with Crippen LogP contribution in [0.15, 0.2) is 36.4 Å². The minimum absolute atomic E-state index is 0.0248. The van der Waals surface area contributed by atoms with Gasteiger partial charge in [0.2, 0.25) is 0 Å². The van der Waals surface area contributed by atoms with Crippen molar-refractivity contribution in [2.45, 2.75) is 45.3 Å². The van der Waals surface area contributed by atoms with E-state index >= 15 is 0 Å². The van der Waals surface area contributed by atoms with Crippen LogP contribution in [0, 0.1) is 0 Å². The van der Waals surface area contributed by atoms with Crippen LogP contribution in [0.1, 0.15) is 47.3 Å². The van der Waals surface area contributed by atoms with Crippen molar-refractivity contribution in [2.24, 2.45) is 0 Å². The molecule has 2 aromatic rings. The summed E-state index contributed by atoms with van der Waals surface area (Å²) in [6, 6.07) is 11.8. The van der Waals surface area contributed by atoms with Crippen molar-refractivity contribution in [1.82, 2.24) is 15.1 Å². The molecule has 0 spiro atoms. The van der Waals surface area contributed by atoms with Crippen LogP contribution < -0.4 is 10.1 Å². The molecule has 0 radical (unpaired) electrons. The van der Waals surface area contributed by atoms with Crippen LogP contribution in [-0.4, -0.2) is 66.1 Å².